The summed E-state index contributed by atoms with van der Waals surface area (Å²) in [6, 6.07) is 14.0. The molecule has 2 aromatic carbocycles. The summed E-state index contributed by atoms with van der Waals surface area (Å²) in [6.45, 7) is 0. The number of fused-ring (bicyclic) bond motifs is 1. The van der Waals surface area contributed by atoms with Crippen molar-refractivity contribution in [1.29, 1.82) is 0 Å². The quantitative estimate of drug-likeness (QED) is 0.389. The average Bonchev–Trinajstić information content (AvgIpc) is 2.85. The summed E-state index contributed by atoms with van der Waals surface area (Å²) in [5, 5.41) is 16.4. The molecule has 0 radical (unpaired) electrons. The molecule has 1 aromatic heterocycles. The Morgan fingerprint density at radius 1 is 1.06 bits per heavy atom. The SMILES string of the molecule is COc1ccc(-n2c(O)c(C=NNC(=O)CC34CC5CC(CC(C5)C3)C4)c3ccccc3c2=O)cc1. The lowest BCUT2D eigenvalue weighted by atomic mass is 9.49. The zero-order chi connectivity index (χ0) is 24.9. The largest absolute Gasteiger partial charge is 0.497 e. The summed E-state index contributed by atoms with van der Waals surface area (Å²) in [5.41, 5.74) is 3.37. The Morgan fingerprint density at radius 2 is 1.67 bits per heavy atom. The highest BCUT2D eigenvalue weighted by atomic mass is 16.5. The number of carbonyl (C=O) groups is 1. The van der Waals surface area contributed by atoms with Crippen LogP contribution in [0.5, 0.6) is 11.6 Å². The van der Waals surface area contributed by atoms with E-state index in [4.69, 9.17) is 4.74 Å². The number of nitrogens with one attached hydrogen (secondary N) is 1. The van der Waals surface area contributed by atoms with Gasteiger partial charge in [0.05, 0.1) is 24.6 Å². The van der Waals surface area contributed by atoms with Gasteiger partial charge in [-0.25, -0.2) is 9.99 Å². The second-order valence-electron chi connectivity index (χ2n) is 11.0. The van der Waals surface area contributed by atoms with Crippen LogP contribution in [0.1, 0.15) is 50.5 Å². The van der Waals surface area contributed by atoms with Gasteiger partial charge in [0, 0.05) is 17.2 Å². The summed E-state index contributed by atoms with van der Waals surface area (Å²) in [6.07, 6.45) is 9.46. The van der Waals surface area contributed by atoms with Gasteiger partial charge in [-0.3, -0.25) is 9.59 Å². The lowest BCUT2D eigenvalue weighted by Gasteiger charge is -2.56. The Labute approximate surface area is 209 Å². The number of pyridine rings is 1. The molecule has 7 nitrogen and oxygen atoms in total. The van der Waals surface area contributed by atoms with E-state index in [2.05, 4.69) is 10.5 Å². The van der Waals surface area contributed by atoms with Crippen LogP contribution < -0.4 is 15.7 Å². The molecule has 4 aliphatic rings. The molecule has 1 heterocycles. The first-order chi connectivity index (χ1) is 17.4. The van der Waals surface area contributed by atoms with E-state index in [1.165, 1.54) is 30.0 Å². The van der Waals surface area contributed by atoms with Crippen molar-refractivity contribution >= 4 is 22.9 Å². The lowest BCUT2D eigenvalue weighted by molar-refractivity contribution is -0.129. The second-order valence-corrected chi connectivity index (χ2v) is 11.0. The van der Waals surface area contributed by atoms with Gasteiger partial charge in [0.1, 0.15) is 5.75 Å². The summed E-state index contributed by atoms with van der Waals surface area (Å²) in [4.78, 5) is 26.2. The highest BCUT2D eigenvalue weighted by Crippen LogP contribution is 2.61. The molecule has 0 unspecified atom stereocenters. The third-order valence-electron chi connectivity index (χ3n) is 8.52. The molecule has 1 amide bonds. The molecule has 0 saturated heterocycles. The van der Waals surface area contributed by atoms with Crippen molar-refractivity contribution in [2.45, 2.75) is 44.9 Å². The number of hydrogen-bond donors (Lipinski definition) is 2. The van der Waals surface area contributed by atoms with E-state index in [-0.39, 0.29) is 22.8 Å². The van der Waals surface area contributed by atoms with Crippen LogP contribution in [0.3, 0.4) is 0 Å². The standard InChI is InChI=1S/C29H31N3O4/c1-36-22-8-6-21(7-9-22)32-27(34)24-5-3-2-4-23(24)25(28(32)35)17-30-31-26(33)16-29-13-18-10-19(14-29)12-20(11-18)15-29/h2-9,17-20,35H,10-16H2,1H3,(H,31,33). The maximum Gasteiger partial charge on any atom is 0.265 e. The molecule has 4 bridgehead atoms. The molecule has 0 aliphatic heterocycles. The van der Waals surface area contributed by atoms with Crippen molar-refractivity contribution in [3.05, 3.63) is 64.4 Å². The van der Waals surface area contributed by atoms with E-state index in [1.54, 1.807) is 49.6 Å². The van der Waals surface area contributed by atoms with Gasteiger partial charge in [0.2, 0.25) is 11.8 Å². The third-order valence-corrected chi connectivity index (χ3v) is 8.52. The maximum absolute atomic E-state index is 13.2. The van der Waals surface area contributed by atoms with Gasteiger partial charge in [0.15, 0.2) is 0 Å². The van der Waals surface area contributed by atoms with E-state index in [0.717, 1.165) is 37.0 Å². The first-order valence-corrected chi connectivity index (χ1v) is 12.8. The van der Waals surface area contributed by atoms with Crippen LogP contribution in [0, 0.1) is 23.2 Å². The van der Waals surface area contributed by atoms with Crippen LogP contribution in [-0.2, 0) is 4.79 Å². The van der Waals surface area contributed by atoms with Crippen LogP contribution in [-0.4, -0.2) is 28.9 Å². The zero-order valence-electron chi connectivity index (χ0n) is 20.4. The monoisotopic (exact) mass is 485 g/mol. The molecule has 36 heavy (non-hydrogen) atoms. The molecule has 4 fully saturated rings. The summed E-state index contributed by atoms with van der Waals surface area (Å²) in [5.74, 6) is 2.69. The predicted octanol–water partition coefficient (Wildman–Crippen LogP) is 4.76. The Kier molecular flexibility index (Phi) is 5.58. The fraction of sp³-hybridized carbons (Fsp3) is 0.414. The molecule has 2 N–H and O–H groups in total. The van der Waals surface area contributed by atoms with Crippen LogP contribution in [0.15, 0.2) is 58.4 Å². The number of rotatable bonds is 6. The van der Waals surface area contributed by atoms with E-state index >= 15 is 0 Å². The zero-order valence-corrected chi connectivity index (χ0v) is 20.4. The number of carbonyl (C=O) groups excluding carboxylic acids is 1. The van der Waals surface area contributed by atoms with Crippen molar-refractivity contribution in [3.8, 4) is 17.3 Å². The molecule has 186 valence electrons. The second kappa shape index (κ2) is 8.80. The minimum absolute atomic E-state index is 0.0829. The van der Waals surface area contributed by atoms with Crippen LogP contribution >= 0.6 is 0 Å². The molecule has 4 aliphatic carbocycles. The molecule has 7 rings (SSSR count). The van der Waals surface area contributed by atoms with Crippen molar-refractivity contribution in [2.24, 2.45) is 28.3 Å². The number of amides is 1. The van der Waals surface area contributed by atoms with Crippen LogP contribution in [0.25, 0.3) is 16.5 Å². The normalized spacial score (nSPS) is 26.5. The van der Waals surface area contributed by atoms with Gasteiger partial charge in [-0.2, -0.15) is 5.10 Å². The minimum Gasteiger partial charge on any atom is -0.497 e. The highest BCUT2D eigenvalue weighted by molar-refractivity contribution is 6.02. The van der Waals surface area contributed by atoms with E-state index in [1.807, 2.05) is 6.07 Å². The molecular weight excluding hydrogens is 454 g/mol. The molecule has 0 spiro atoms. The van der Waals surface area contributed by atoms with Crippen LogP contribution in [0.4, 0.5) is 0 Å². The summed E-state index contributed by atoms with van der Waals surface area (Å²) in [7, 11) is 1.57. The predicted molar refractivity (Wildman–Crippen MR) is 139 cm³/mol. The number of hydrazone groups is 1. The van der Waals surface area contributed by atoms with Crippen molar-refractivity contribution in [3.63, 3.8) is 0 Å². The fourth-order valence-electron chi connectivity index (χ4n) is 7.52. The molecule has 0 atom stereocenters. The number of aromatic nitrogens is 1. The first-order valence-electron chi connectivity index (χ1n) is 12.8. The fourth-order valence-corrected chi connectivity index (χ4v) is 7.52. The Hall–Kier alpha value is -3.61. The Morgan fingerprint density at radius 3 is 2.28 bits per heavy atom. The topological polar surface area (TPSA) is 92.9 Å². The van der Waals surface area contributed by atoms with Gasteiger partial charge < -0.3 is 9.84 Å². The lowest BCUT2D eigenvalue weighted by Crippen LogP contribution is -2.47. The maximum atomic E-state index is 13.2. The number of aromatic hydroxyl groups is 1. The van der Waals surface area contributed by atoms with Gasteiger partial charge >= 0.3 is 0 Å². The molecule has 7 heteroatoms. The van der Waals surface area contributed by atoms with Crippen LogP contribution in [0.2, 0.25) is 0 Å². The molecular formula is C29H31N3O4. The number of methoxy groups -OCH3 is 1. The van der Waals surface area contributed by atoms with E-state index in [9.17, 15) is 14.7 Å². The number of nitrogens with zero attached hydrogens (tertiary/aromatic N) is 2. The first kappa shape index (κ1) is 22.8. The van der Waals surface area contributed by atoms with Crippen molar-refractivity contribution < 1.29 is 14.6 Å². The molecule has 3 aromatic rings. The van der Waals surface area contributed by atoms with E-state index in [0.29, 0.717) is 34.2 Å². The average molecular weight is 486 g/mol. The molecule has 4 saturated carbocycles. The van der Waals surface area contributed by atoms with Gasteiger partial charge in [-0.15, -0.1) is 0 Å². The third kappa shape index (κ3) is 3.96. The minimum atomic E-state index is -0.337. The van der Waals surface area contributed by atoms with Crippen molar-refractivity contribution in [2.75, 3.05) is 7.11 Å². The van der Waals surface area contributed by atoms with Crippen molar-refractivity contribution in [1.82, 2.24) is 9.99 Å². The van der Waals surface area contributed by atoms with E-state index < -0.39 is 0 Å². The van der Waals surface area contributed by atoms with Gasteiger partial charge in [0.25, 0.3) is 5.56 Å². The Balaban J connectivity index is 1.28. The summed E-state index contributed by atoms with van der Waals surface area (Å²) < 4.78 is 6.46. The number of benzene rings is 2. The van der Waals surface area contributed by atoms with Gasteiger partial charge in [-0.05, 0) is 92.0 Å². The van der Waals surface area contributed by atoms with Gasteiger partial charge in [-0.1, -0.05) is 18.2 Å². The summed E-state index contributed by atoms with van der Waals surface area (Å²) >= 11 is 0. The number of hydrogen-bond acceptors (Lipinski definition) is 5. The number of ether oxygens (including phenoxy) is 1. The Bertz CT molecular complexity index is 1370. The smallest absolute Gasteiger partial charge is 0.265 e. The highest BCUT2D eigenvalue weighted by Gasteiger charge is 2.51.